The Hall–Kier alpha value is -1.12. The zero-order valence-corrected chi connectivity index (χ0v) is 10.8. The Morgan fingerprint density at radius 2 is 2.41 bits per heavy atom. The predicted octanol–water partition coefficient (Wildman–Crippen LogP) is 1.76. The average Bonchev–Trinajstić information content (AvgIpc) is 2.84. The topological polar surface area (TPSA) is 80.9 Å². The lowest BCUT2D eigenvalue weighted by atomic mass is 10.5. The second-order valence-electron chi connectivity index (χ2n) is 3.01. The molecule has 0 aromatic carbocycles. The molecular formula is C8H7ClN4O2S2. The number of thioether (sulfide) groups is 1. The summed E-state index contributed by atoms with van der Waals surface area (Å²) in [6.45, 7) is -0.236. The number of rotatable bonds is 5. The molecule has 0 amide bonds. The molecule has 0 unspecified atom stereocenters. The van der Waals surface area contributed by atoms with Crippen LogP contribution in [0.15, 0.2) is 17.3 Å². The molecule has 0 atom stereocenters. The fourth-order valence-electron chi connectivity index (χ4n) is 1.09. The first kappa shape index (κ1) is 12.3. The van der Waals surface area contributed by atoms with Crippen LogP contribution in [0.3, 0.4) is 0 Å². The lowest BCUT2D eigenvalue weighted by molar-refractivity contribution is -0.138. The van der Waals surface area contributed by atoms with Crippen LogP contribution in [0.25, 0.3) is 0 Å². The number of tetrazole rings is 1. The lowest BCUT2D eigenvalue weighted by Crippen LogP contribution is -2.11. The van der Waals surface area contributed by atoms with E-state index in [2.05, 4.69) is 15.5 Å². The number of aliphatic carboxylic acids is 1. The highest BCUT2D eigenvalue weighted by Crippen LogP contribution is 2.27. The van der Waals surface area contributed by atoms with Crippen molar-refractivity contribution in [3.63, 3.8) is 0 Å². The summed E-state index contributed by atoms with van der Waals surface area (Å²) in [6.07, 6.45) is 0. The molecule has 0 bridgehead atoms. The van der Waals surface area contributed by atoms with E-state index in [0.717, 1.165) is 9.21 Å². The molecule has 0 radical (unpaired) electrons. The largest absolute Gasteiger partial charge is 0.480 e. The Morgan fingerprint density at radius 3 is 3.06 bits per heavy atom. The van der Waals surface area contributed by atoms with Crippen molar-refractivity contribution in [3.8, 4) is 0 Å². The maximum absolute atomic E-state index is 10.6. The second-order valence-corrected chi connectivity index (χ2v) is 5.75. The molecule has 0 aliphatic rings. The lowest BCUT2D eigenvalue weighted by Gasteiger charge is -1.99. The van der Waals surface area contributed by atoms with E-state index in [-0.39, 0.29) is 6.54 Å². The second kappa shape index (κ2) is 5.48. The maximum Gasteiger partial charge on any atom is 0.325 e. The van der Waals surface area contributed by atoms with Gasteiger partial charge in [0.15, 0.2) is 0 Å². The van der Waals surface area contributed by atoms with Gasteiger partial charge >= 0.3 is 5.97 Å². The number of carboxylic acids is 1. The molecule has 0 saturated carbocycles. The molecule has 2 rings (SSSR count). The zero-order chi connectivity index (χ0) is 12.3. The van der Waals surface area contributed by atoms with Crippen LogP contribution in [0, 0.1) is 0 Å². The summed E-state index contributed by atoms with van der Waals surface area (Å²) in [4.78, 5) is 11.6. The third-order valence-corrected chi connectivity index (χ3v) is 4.18. The standard InChI is InChI=1S/C8H7ClN4O2S2/c9-6-2-1-5(17-6)4-16-8-10-11-12-13(8)3-7(14)15/h1-2H,3-4H2,(H,14,15). The van der Waals surface area contributed by atoms with E-state index >= 15 is 0 Å². The predicted molar refractivity (Wildman–Crippen MR) is 64.3 cm³/mol. The van der Waals surface area contributed by atoms with Crippen molar-refractivity contribution in [2.24, 2.45) is 0 Å². The third kappa shape index (κ3) is 3.42. The van der Waals surface area contributed by atoms with Crippen LogP contribution < -0.4 is 0 Å². The van der Waals surface area contributed by atoms with Crippen LogP contribution in [0.2, 0.25) is 4.34 Å². The SMILES string of the molecule is O=C(O)Cn1nnnc1SCc1ccc(Cl)s1. The number of hydrogen-bond acceptors (Lipinski definition) is 6. The minimum Gasteiger partial charge on any atom is -0.480 e. The van der Waals surface area contributed by atoms with E-state index in [1.165, 1.54) is 27.8 Å². The summed E-state index contributed by atoms with van der Waals surface area (Å²) in [5.41, 5.74) is 0. The Bertz CT molecular complexity index is 527. The average molecular weight is 291 g/mol. The highest BCUT2D eigenvalue weighted by molar-refractivity contribution is 7.98. The van der Waals surface area contributed by atoms with Gasteiger partial charge in [-0.15, -0.1) is 16.4 Å². The fourth-order valence-corrected chi connectivity index (χ4v) is 3.10. The van der Waals surface area contributed by atoms with Crippen LogP contribution in [0.4, 0.5) is 0 Å². The van der Waals surface area contributed by atoms with Gasteiger partial charge in [0.1, 0.15) is 6.54 Å². The molecule has 2 aromatic heterocycles. The van der Waals surface area contributed by atoms with E-state index < -0.39 is 5.97 Å². The van der Waals surface area contributed by atoms with Crippen LogP contribution in [-0.4, -0.2) is 31.3 Å². The van der Waals surface area contributed by atoms with Gasteiger partial charge in [0, 0.05) is 10.6 Å². The van der Waals surface area contributed by atoms with Crippen LogP contribution in [-0.2, 0) is 17.1 Å². The third-order valence-electron chi connectivity index (χ3n) is 1.76. The Morgan fingerprint density at radius 1 is 1.59 bits per heavy atom. The van der Waals surface area contributed by atoms with Gasteiger partial charge in [-0.05, 0) is 22.6 Å². The molecule has 0 spiro atoms. The maximum atomic E-state index is 10.6. The van der Waals surface area contributed by atoms with E-state index in [1.807, 2.05) is 12.1 Å². The van der Waals surface area contributed by atoms with Gasteiger partial charge in [-0.1, -0.05) is 23.4 Å². The van der Waals surface area contributed by atoms with Gasteiger partial charge in [-0.25, -0.2) is 4.68 Å². The molecule has 90 valence electrons. The first-order valence-electron chi connectivity index (χ1n) is 4.50. The summed E-state index contributed by atoms with van der Waals surface area (Å²) in [7, 11) is 0. The monoisotopic (exact) mass is 290 g/mol. The normalized spacial score (nSPS) is 10.6. The van der Waals surface area contributed by atoms with Gasteiger partial charge in [-0.3, -0.25) is 4.79 Å². The molecule has 0 fully saturated rings. The molecule has 0 saturated heterocycles. The zero-order valence-electron chi connectivity index (χ0n) is 8.41. The van der Waals surface area contributed by atoms with E-state index in [0.29, 0.717) is 10.9 Å². The summed E-state index contributed by atoms with van der Waals surface area (Å²) in [6, 6.07) is 3.74. The molecule has 1 N–H and O–H groups in total. The van der Waals surface area contributed by atoms with Gasteiger partial charge in [0.25, 0.3) is 0 Å². The van der Waals surface area contributed by atoms with Crippen molar-refractivity contribution in [1.29, 1.82) is 0 Å². The fraction of sp³-hybridized carbons (Fsp3) is 0.250. The molecular weight excluding hydrogens is 284 g/mol. The molecule has 17 heavy (non-hydrogen) atoms. The quantitative estimate of drug-likeness (QED) is 0.845. The number of carbonyl (C=O) groups is 1. The van der Waals surface area contributed by atoms with Crippen molar-refractivity contribution >= 4 is 40.7 Å². The molecule has 6 nitrogen and oxygen atoms in total. The summed E-state index contributed by atoms with van der Waals surface area (Å²) >= 11 is 8.66. The molecule has 2 heterocycles. The van der Waals surface area contributed by atoms with Gasteiger partial charge in [-0.2, -0.15) is 0 Å². The van der Waals surface area contributed by atoms with E-state index in [4.69, 9.17) is 16.7 Å². The number of hydrogen-bond donors (Lipinski definition) is 1. The Labute approximate surface area is 110 Å². The highest BCUT2D eigenvalue weighted by atomic mass is 35.5. The number of aromatic nitrogens is 4. The smallest absolute Gasteiger partial charge is 0.325 e. The van der Waals surface area contributed by atoms with E-state index in [1.54, 1.807) is 0 Å². The van der Waals surface area contributed by atoms with Crippen molar-refractivity contribution in [2.45, 2.75) is 17.5 Å². The Kier molecular flexibility index (Phi) is 3.97. The number of halogens is 1. The van der Waals surface area contributed by atoms with Crippen LogP contribution in [0.1, 0.15) is 4.88 Å². The molecule has 0 aliphatic carbocycles. The van der Waals surface area contributed by atoms with Gasteiger partial charge in [0.05, 0.1) is 4.34 Å². The minimum atomic E-state index is -0.974. The summed E-state index contributed by atoms with van der Waals surface area (Å²) in [5, 5.41) is 20.0. The molecule has 9 heteroatoms. The summed E-state index contributed by atoms with van der Waals surface area (Å²) in [5.74, 6) is -0.310. The molecule has 2 aromatic rings. The summed E-state index contributed by atoms with van der Waals surface area (Å²) < 4.78 is 1.98. The van der Waals surface area contributed by atoms with Crippen molar-refractivity contribution < 1.29 is 9.90 Å². The van der Waals surface area contributed by atoms with Gasteiger partial charge < -0.3 is 5.11 Å². The Balaban J connectivity index is 1.99. The first-order valence-corrected chi connectivity index (χ1v) is 6.68. The number of nitrogens with zero attached hydrogens (tertiary/aromatic N) is 4. The molecule has 0 aliphatic heterocycles. The van der Waals surface area contributed by atoms with Crippen molar-refractivity contribution in [2.75, 3.05) is 0 Å². The van der Waals surface area contributed by atoms with Crippen LogP contribution >= 0.6 is 34.7 Å². The van der Waals surface area contributed by atoms with E-state index in [9.17, 15) is 4.79 Å². The number of carboxylic acid groups (broad SMARTS) is 1. The number of thiophene rings is 1. The van der Waals surface area contributed by atoms with Crippen molar-refractivity contribution in [3.05, 3.63) is 21.3 Å². The highest BCUT2D eigenvalue weighted by Gasteiger charge is 2.10. The first-order chi connectivity index (χ1) is 8.15. The minimum absolute atomic E-state index is 0.236. The van der Waals surface area contributed by atoms with Crippen molar-refractivity contribution in [1.82, 2.24) is 20.2 Å². The van der Waals surface area contributed by atoms with Gasteiger partial charge in [0.2, 0.25) is 5.16 Å². The van der Waals surface area contributed by atoms with Crippen LogP contribution in [0.5, 0.6) is 0 Å².